The molecule has 4 aromatic rings. The highest BCUT2D eigenvalue weighted by Crippen LogP contribution is 2.22. The average molecular weight is 334 g/mol. The summed E-state index contributed by atoms with van der Waals surface area (Å²) in [6.07, 6.45) is 3.52. The van der Waals surface area contributed by atoms with Gasteiger partial charge in [0.15, 0.2) is 10.7 Å². The Bertz CT molecular complexity index is 965. The van der Waals surface area contributed by atoms with Gasteiger partial charge in [-0.05, 0) is 27.0 Å². The molecule has 0 fully saturated rings. The van der Waals surface area contributed by atoms with Gasteiger partial charge < -0.3 is 4.55 Å². The Balaban J connectivity index is 1.72. The molecule has 22 heavy (non-hydrogen) atoms. The smallest absolute Gasteiger partial charge is 0.305 e. The van der Waals surface area contributed by atoms with Crippen molar-refractivity contribution in [1.82, 2.24) is 50.4 Å². The van der Waals surface area contributed by atoms with Crippen LogP contribution < -0.4 is 0 Å². The van der Waals surface area contributed by atoms with E-state index in [9.17, 15) is 4.55 Å². The van der Waals surface area contributed by atoms with Crippen LogP contribution in [0.5, 0.6) is 0 Å². The fraction of sp³-hybridized carbons (Fsp3) is 0.222. The maximum absolute atomic E-state index is 11.4. The Morgan fingerprint density at radius 2 is 2.14 bits per heavy atom. The van der Waals surface area contributed by atoms with Crippen molar-refractivity contribution >= 4 is 38.8 Å². The maximum atomic E-state index is 11.4. The van der Waals surface area contributed by atoms with Gasteiger partial charge in [-0.2, -0.15) is 9.50 Å². The van der Waals surface area contributed by atoms with Gasteiger partial charge in [-0.25, -0.2) is 9.97 Å². The van der Waals surface area contributed by atoms with Crippen molar-refractivity contribution in [3.05, 3.63) is 17.7 Å². The molecule has 0 saturated heterocycles. The Morgan fingerprint density at radius 3 is 3.00 bits per heavy atom. The molecule has 0 bridgehead atoms. The Kier molecular flexibility index (Phi) is 3.09. The van der Waals surface area contributed by atoms with Gasteiger partial charge in [-0.1, -0.05) is 5.10 Å². The topological polar surface area (TPSA) is 143 Å². The van der Waals surface area contributed by atoms with Gasteiger partial charge in [0, 0.05) is 11.2 Å². The molecule has 0 aliphatic rings. The molecule has 0 aromatic carbocycles. The van der Waals surface area contributed by atoms with Gasteiger partial charge >= 0.3 is 4.34 Å². The van der Waals surface area contributed by atoms with E-state index < -0.39 is 11.2 Å². The van der Waals surface area contributed by atoms with Gasteiger partial charge in [-0.3, -0.25) is 0 Å². The first-order chi connectivity index (χ1) is 10.7. The quantitative estimate of drug-likeness (QED) is 0.429. The van der Waals surface area contributed by atoms with E-state index >= 15 is 0 Å². The van der Waals surface area contributed by atoms with Crippen molar-refractivity contribution in [3.8, 4) is 0 Å². The number of imidazole rings is 1. The predicted octanol–water partition coefficient (Wildman–Crippen LogP) is -0.963. The van der Waals surface area contributed by atoms with Crippen molar-refractivity contribution in [3.63, 3.8) is 0 Å². The lowest BCUT2D eigenvalue weighted by atomic mass is 10.3. The maximum Gasteiger partial charge on any atom is 0.305 e. The molecule has 1 atom stereocenters. The number of hydrogen-bond donors (Lipinski definition) is 0. The van der Waals surface area contributed by atoms with Crippen molar-refractivity contribution in [2.45, 2.75) is 10.8 Å². The monoisotopic (exact) mass is 334 g/mol. The first-order valence-corrected chi connectivity index (χ1v) is 8.30. The fourth-order valence-electron chi connectivity index (χ4n) is 1.80. The minimum absolute atomic E-state index is 0.348. The van der Waals surface area contributed by atoms with E-state index in [1.165, 1.54) is 15.9 Å². The number of thiazole rings is 1. The molecule has 0 aliphatic carbocycles. The minimum Gasteiger partial charge on any atom is -0.610 e. The van der Waals surface area contributed by atoms with Crippen LogP contribution in [-0.2, 0) is 17.6 Å². The SMILES string of the molecule is C[S+]([O-])c1nc2nnc(Cc3cnc4nnnnn34)nc2s1. The lowest BCUT2D eigenvalue weighted by Crippen LogP contribution is -2.06. The lowest BCUT2D eigenvalue weighted by Gasteiger charge is -1.97. The van der Waals surface area contributed by atoms with Crippen molar-refractivity contribution < 1.29 is 4.55 Å². The van der Waals surface area contributed by atoms with E-state index in [1.807, 2.05) is 0 Å². The van der Waals surface area contributed by atoms with Gasteiger partial charge in [-0.15, -0.1) is 10.2 Å². The highest BCUT2D eigenvalue weighted by Gasteiger charge is 2.16. The van der Waals surface area contributed by atoms with E-state index in [1.54, 1.807) is 12.5 Å². The average Bonchev–Trinajstić information content (AvgIpc) is 3.11. The summed E-state index contributed by atoms with van der Waals surface area (Å²) < 4.78 is 13.4. The zero-order valence-electron chi connectivity index (χ0n) is 11.0. The Morgan fingerprint density at radius 1 is 1.23 bits per heavy atom. The first kappa shape index (κ1) is 13.3. The minimum atomic E-state index is -1.17. The summed E-state index contributed by atoms with van der Waals surface area (Å²) in [5.41, 5.74) is 1.10. The molecule has 4 aromatic heterocycles. The second kappa shape index (κ2) is 5.11. The Labute approximate surface area is 129 Å². The molecule has 0 aliphatic heterocycles. The summed E-state index contributed by atoms with van der Waals surface area (Å²) in [6.45, 7) is 0. The van der Waals surface area contributed by atoms with Crippen LogP contribution in [0.1, 0.15) is 11.5 Å². The Hall–Kier alpha value is -2.38. The molecule has 0 N–H and O–H groups in total. The highest BCUT2D eigenvalue weighted by molar-refractivity contribution is 7.92. The number of aromatic nitrogens is 10. The molecular formula is C9H6N10OS2. The number of nitrogens with zero attached hydrogens (tertiary/aromatic N) is 10. The largest absolute Gasteiger partial charge is 0.610 e. The van der Waals surface area contributed by atoms with Gasteiger partial charge in [0.05, 0.1) is 18.3 Å². The molecule has 0 amide bonds. The van der Waals surface area contributed by atoms with Gasteiger partial charge in [0.25, 0.3) is 5.78 Å². The van der Waals surface area contributed by atoms with Crippen molar-refractivity contribution in [2.24, 2.45) is 0 Å². The zero-order valence-corrected chi connectivity index (χ0v) is 12.6. The standard InChI is InChI=1S/C9H6N10OS2/c1-22(20)9-12-6-7(21-9)11-5(13-14-6)2-4-3-10-8-15-16-17-18-19(4)8/h3H,2H2,1H3. The van der Waals surface area contributed by atoms with Crippen LogP contribution in [0.4, 0.5) is 0 Å². The summed E-state index contributed by atoms with van der Waals surface area (Å²) in [5.74, 6) is 0.825. The van der Waals surface area contributed by atoms with Gasteiger partial charge in [0.2, 0.25) is 5.65 Å². The summed E-state index contributed by atoms with van der Waals surface area (Å²) in [6, 6.07) is 0. The van der Waals surface area contributed by atoms with E-state index in [-0.39, 0.29) is 0 Å². The van der Waals surface area contributed by atoms with Gasteiger partial charge in [0.1, 0.15) is 6.26 Å². The lowest BCUT2D eigenvalue weighted by molar-refractivity contribution is 0.600. The molecule has 110 valence electrons. The second-order valence-corrected chi connectivity index (χ2v) is 6.73. The van der Waals surface area contributed by atoms with Crippen LogP contribution in [-0.4, -0.2) is 61.2 Å². The fourth-order valence-corrected chi connectivity index (χ4v) is 3.35. The van der Waals surface area contributed by atoms with Crippen molar-refractivity contribution in [1.29, 1.82) is 0 Å². The molecule has 4 rings (SSSR count). The van der Waals surface area contributed by atoms with Crippen LogP contribution in [0.25, 0.3) is 16.3 Å². The number of rotatable bonds is 3. The number of hydrogen-bond acceptors (Lipinski definition) is 11. The second-order valence-electron chi connectivity index (χ2n) is 4.20. The van der Waals surface area contributed by atoms with Crippen LogP contribution >= 0.6 is 11.3 Å². The van der Waals surface area contributed by atoms with E-state index in [2.05, 4.69) is 45.9 Å². The molecule has 0 spiro atoms. The molecule has 1 unspecified atom stereocenters. The molecule has 11 nitrogen and oxygen atoms in total. The van der Waals surface area contributed by atoms with Crippen LogP contribution in [0, 0.1) is 0 Å². The summed E-state index contributed by atoms with van der Waals surface area (Å²) >= 11 is 0.0719. The number of fused-ring (bicyclic) bond motifs is 2. The molecule has 13 heteroatoms. The van der Waals surface area contributed by atoms with Crippen molar-refractivity contribution in [2.75, 3.05) is 6.26 Å². The third-order valence-corrected chi connectivity index (χ3v) is 5.01. The van der Waals surface area contributed by atoms with E-state index in [0.717, 1.165) is 0 Å². The van der Waals surface area contributed by atoms with Crippen LogP contribution in [0.15, 0.2) is 10.5 Å². The third-order valence-electron chi connectivity index (χ3n) is 2.74. The zero-order chi connectivity index (χ0) is 15.1. The predicted molar refractivity (Wildman–Crippen MR) is 74.5 cm³/mol. The summed E-state index contributed by atoms with van der Waals surface area (Å²) in [7, 11) is 0. The van der Waals surface area contributed by atoms with E-state index in [0.29, 0.717) is 38.5 Å². The van der Waals surface area contributed by atoms with E-state index in [4.69, 9.17) is 0 Å². The summed E-state index contributed by atoms with van der Waals surface area (Å²) in [5, 5.41) is 22.5. The first-order valence-electron chi connectivity index (χ1n) is 5.93. The molecule has 0 radical (unpaired) electrons. The highest BCUT2D eigenvalue weighted by atomic mass is 32.2. The summed E-state index contributed by atoms with van der Waals surface area (Å²) in [4.78, 5) is 13.2. The molecule has 4 heterocycles. The molecular weight excluding hydrogens is 328 g/mol. The normalized spacial score (nSPS) is 13.0. The molecule has 0 saturated carbocycles. The van der Waals surface area contributed by atoms with Crippen LogP contribution in [0.2, 0.25) is 0 Å². The van der Waals surface area contributed by atoms with Crippen LogP contribution in [0.3, 0.4) is 0 Å². The third kappa shape index (κ3) is 2.24.